The number of hydrogen-bond donors (Lipinski definition) is 2. The number of carbonyl (C=O) groups excluding carboxylic acids is 1. The molecule has 2 atom stereocenters. The molecule has 0 saturated carbocycles. The summed E-state index contributed by atoms with van der Waals surface area (Å²) in [6.45, 7) is 6.90. The van der Waals surface area contributed by atoms with Gasteiger partial charge in [-0.1, -0.05) is 31.2 Å². The van der Waals surface area contributed by atoms with Crippen LogP contribution in [0.5, 0.6) is 0 Å². The Labute approximate surface area is 121 Å². The molecule has 1 amide bonds. The molecule has 110 valence electrons. The molecule has 1 aliphatic rings. The van der Waals surface area contributed by atoms with Gasteiger partial charge in [0.25, 0.3) is 0 Å². The monoisotopic (exact) mass is 275 g/mol. The zero-order chi connectivity index (χ0) is 14.5. The molecule has 1 fully saturated rings. The van der Waals surface area contributed by atoms with Gasteiger partial charge in [0, 0.05) is 32.7 Å². The molecule has 0 aromatic heterocycles. The number of nitrogens with one attached hydrogen (secondary N) is 2. The van der Waals surface area contributed by atoms with Crippen molar-refractivity contribution in [3.8, 4) is 0 Å². The van der Waals surface area contributed by atoms with Crippen molar-refractivity contribution >= 4 is 5.91 Å². The lowest BCUT2D eigenvalue weighted by Crippen LogP contribution is -2.57. The van der Waals surface area contributed by atoms with E-state index in [4.69, 9.17) is 0 Å². The molecule has 1 heterocycles. The Hall–Kier alpha value is -1.39. The van der Waals surface area contributed by atoms with Crippen molar-refractivity contribution in [2.24, 2.45) is 0 Å². The predicted octanol–water partition coefficient (Wildman–Crippen LogP) is 1.33. The Morgan fingerprint density at radius 3 is 2.75 bits per heavy atom. The fraction of sp³-hybridized carbons (Fsp3) is 0.562. The zero-order valence-corrected chi connectivity index (χ0v) is 12.6. The fourth-order valence-electron chi connectivity index (χ4n) is 2.82. The third-order valence-corrected chi connectivity index (χ3v) is 4.20. The highest BCUT2D eigenvalue weighted by molar-refractivity contribution is 5.81. The van der Waals surface area contributed by atoms with Crippen molar-refractivity contribution in [1.82, 2.24) is 15.5 Å². The van der Waals surface area contributed by atoms with Gasteiger partial charge in [-0.15, -0.1) is 0 Å². The van der Waals surface area contributed by atoms with Gasteiger partial charge in [-0.05, 0) is 24.5 Å². The van der Waals surface area contributed by atoms with Gasteiger partial charge >= 0.3 is 0 Å². The maximum absolute atomic E-state index is 12.0. The topological polar surface area (TPSA) is 44.4 Å². The van der Waals surface area contributed by atoms with Gasteiger partial charge in [-0.25, -0.2) is 0 Å². The van der Waals surface area contributed by atoms with Crippen LogP contribution in [0.25, 0.3) is 0 Å². The predicted molar refractivity (Wildman–Crippen MR) is 81.7 cm³/mol. The standard InChI is InChI=1S/C16H25N3O/c1-4-13-5-7-14(8-6-13)12(2)19-10-9-18-11-15(19)16(20)17-3/h5-8,12,15,18H,4,9-11H2,1-3H3,(H,17,20). The van der Waals surface area contributed by atoms with Crippen molar-refractivity contribution in [1.29, 1.82) is 0 Å². The molecule has 20 heavy (non-hydrogen) atoms. The number of hydrogen-bond acceptors (Lipinski definition) is 3. The molecule has 2 rings (SSSR count). The minimum absolute atomic E-state index is 0.0883. The molecule has 0 bridgehead atoms. The normalized spacial score (nSPS) is 21.4. The molecule has 4 heteroatoms. The number of piperazine rings is 1. The SMILES string of the molecule is CCc1ccc(C(C)N2CCNCC2C(=O)NC)cc1. The van der Waals surface area contributed by atoms with Crippen molar-refractivity contribution in [3.05, 3.63) is 35.4 Å². The number of likely N-dealkylation sites (N-methyl/N-ethyl adjacent to an activating group) is 1. The third-order valence-electron chi connectivity index (χ3n) is 4.20. The first-order valence-electron chi connectivity index (χ1n) is 7.44. The zero-order valence-electron chi connectivity index (χ0n) is 12.6. The molecule has 0 spiro atoms. The average Bonchev–Trinajstić information content (AvgIpc) is 2.53. The Morgan fingerprint density at radius 1 is 1.45 bits per heavy atom. The van der Waals surface area contributed by atoms with Crippen LogP contribution in [0.15, 0.2) is 24.3 Å². The van der Waals surface area contributed by atoms with Gasteiger partial charge in [-0.3, -0.25) is 9.69 Å². The largest absolute Gasteiger partial charge is 0.358 e. The van der Waals surface area contributed by atoms with Gasteiger partial charge in [-0.2, -0.15) is 0 Å². The summed E-state index contributed by atoms with van der Waals surface area (Å²) in [4.78, 5) is 14.3. The second-order valence-electron chi connectivity index (χ2n) is 5.34. The summed E-state index contributed by atoms with van der Waals surface area (Å²) in [5.41, 5.74) is 2.63. The molecule has 4 nitrogen and oxygen atoms in total. The molecule has 1 aliphatic heterocycles. The summed E-state index contributed by atoms with van der Waals surface area (Å²) < 4.78 is 0. The highest BCUT2D eigenvalue weighted by Crippen LogP contribution is 2.24. The van der Waals surface area contributed by atoms with Crippen LogP contribution in [0.4, 0.5) is 0 Å². The Balaban J connectivity index is 2.15. The summed E-state index contributed by atoms with van der Waals surface area (Å²) in [5, 5.41) is 6.07. The van der Waals surface area contributed by atoms with Gasteiger partial charge in [0.15, 0.2) is 0 Å². The van der Waals surface area contributed by atoms with Crippen LogP contribution in [-0.4, -0.2) is 43.5 Å². The first-order chi connectivity index (χ1) is 9.67. The first-order valence-corrected chi connectivity index (χ1v) is 7.44. The minimum atomic E-state index is -0.0883. The lowest BCUT2D eigenvalue weighted by atomic mass is 10.0. The van der Waals surface area contributed by atoms with Crippen LogP contribution < -0.4 is 10.6 Å². The molecule has 1 saturated heterocycles. The van der Waals surface area contributed by atoms with Crippen molar-refractivity contribution < 1.29 is 4.79 Å². The molecule has 0 radical (unpaired) electrons. The second kappa shape index (κ2) is 6.86. The lowest BCUT2D eigenvalue weighted by Gasteiger charge is -2.39. The van der Waals surface area contributed by atoms with Gasteiger partial charge in [0.05, 0.1) is 0 Å². The number of rotatable bonds is 4. The van der Waals surface area contributed by atoms with Gasteiger partial charge in [0.2, 0.25) is 5.91 Å². The van der Waals surface area contributed by atoms with E-state index in [0.29, 0.717) is 0 Å². The first kappa shape index (κ1) is 15.0. The lowest BCUT2D eigenvalue weighted by molar-refractivity contribution is -0.127. The minimum Gasteiger partial charge on any atom is -0.358 e. The van der Waals surface area contributed by atoms with Crippen LogP contribution in [0.2, 0.25) is 0 Å². The highest BCUT2D eigenvalue weighted by atomic mass is 16.2. The smallest absolute Gasteiger partial charge is 0.238 e. The van der Waals surface area contributed by atoms with Crippen LogP contribution in [0, 0.1) is 0 Å². The summed E-state index contributed by atoms with van der Waals surface area (Å²) in [6.07, 6.45) is 1.06. The van der Waals surface area contributed by atoms with E-state index in [1.807, 2.05) is 0 Å². The van der Waals surface area contributed by atoms with E-state index in [0.717, 1.165) is 26.1 Å². The van der Waals surface area contributed by atoms with Crippen molar-refractivity contribution in [2.45, 2.75) is 32.4 Å². The maximum atomic E-state index is 12.0. The van der Waals surface area contributed by atoms with E-state index >= 15 is 0 Å². The molecule has 1 aromatic carbocycles. The number of amides is 1. The molecule has 1 aromatic rings. The molecular weight excluding hydrogens is 250 g/mol. The van der Waals surface area contributed by atoms with E-state index in [2.05, 4.69) is 53.6 Å². The Morgan fingerprint density at radius 2 is 2.15 bits per heavy atom. The molecular formula is C16H25N3O. The third kappa shape index (κ3) is 3.19. The van der Waals surface area contributed by atoms with Crippen LogP contribution in [-0.2, 0) is 11.2 Å². The summed E-state index contributed by atoms with van der Waals surface area (Å²) >= 11 is 0. The fourth-order valence-corrected chi connectivity index (χ4v) is 2.82. The Bertz CT molecular complexity index is 444. The van der Waals surface area contributed by atoms with Crippen LogP contribution in [0.3, 0.4) is 0 Å². The average molecular weight is 275 g/mol. The number of aryl methyl sites for hydroxylation is 1. The second-order valence-corrected chi connectivity index (χ2v) is 5.34. The molecule has 2 unspecified atom stereocenters. The van der Waals surface area contributed by atoms with Crippen molar-refractivity contribution in [2.75, 3.05) is 26.7 Å². The van der Waals surface area contributed by atoms with E-state index < -0.39 is 0 Å². The number of benzene rings is 1. The summed E-state index contributed by atoms with van der Waals surface area (Å²) in [6, 6.07) is 8.91. The van der Waals surface area contributed by atoms with Crippen LogP contribution >= 0.6 is 0 Å². The Kier molecular flexibility index (Phi) is 5.15. The quantitative estimate of drug-likeness (QED) is 0.871. The number of carbonyl (C=O) groups is 1. The maximum Gasteiger partial charge on any atom is 0.238 e. The molecule has 0 aliphatic carbocycles. The highest BCUT2D eigenvalue weighted by Gasteiger charge is 2.31. The molecule has 2 N–H and O–H groups in total. The van der Waals surface area contributed by atoms with Crippen molar-refractivity contribution in [3.63, 3.8) is 0 Å². The van der Waals surface area contributed by atoms with E-state index in [1.165, 1.54) is 11.1 Å². The summed E-state index contributed by atoms with van der Waals surface area (Å²) in [7, 11) is 1.70. The van der Waals surface area contributed by atoms with Gasteiger partial charge < -0.3 is 10.6 Å². The van der Waals surface area contributed by atoms with Gasteiger partial charge in [0.1, 0.15) is 6.04 Å². The van der Waals surface area contributed by atoms with Crippen LogP contribution in [0.1, 0.15) is 31.0 Å². The van der Waals surface area contributed by atoms with E-state index in [-0.39, 0.29) is 18.0 Å². The number of nitrogens with zero attached hydrogens (tertiary/aromatic N) is 1. The summed E-state index contributed by atoms with van der Waals surface area (Å²) in [5.74, 6) is 0.0919. The van der Waals surface area contributed by atoms with E-state index in [9.17, 15) is 4.79 Å². The van der Waals surface area contributed by atoms with E-state index in [1.54, 1.807) is 7.05 Å².